The summed E-state index contributed by atoms with van der Waals surface area (Å²) in [6.45, 7) is 4.65. The molecule has 0 radical (unpaired) electrons. The number of hydrogen-bond donors (Lipinski definition) is 1. The summed E-state index contributed by atoms with van der Waals surface area (Å²) in [5, 5.41) is 2.26. The van der Waals surface area contributed by atoms with E-state index in [1.54, 1.807) is 44.2 Å². The first-order valence-corrected chi connectivity index (χ1v) is 11.1. The third-order valence-corrected chi connectivity index (χ3v) is 5.38. The molecular formula is C24H24N2O6S. The smallest absolute Gasteiger partial charge is 0.326 e. The van der Waals surface area contributed by atoms with Crippen LogP contribution in [0.3, 0.4) is 0 Å². The third kappa shape index (κ3) is 6.69. The van der Waals surface area contributed by atoms with Crippen LogP contribution < -0.4 is 10.1 Å². The van der Waals surface area contributed by atoms with E-state index in [2.05, 4.69) is 5.32 Å². The Bertz CT molecular complexity index is 1110. The van der Waals surface area contributed by atoms with Crippen molar-refractivity contribution in [1.82, 2.24) is 4.90 Å². The zero-order valence-corrected chi connectivity index (χ0v) is 19.3. The molecule has 1 heterocycles. The number of anilines is 1. The number of nitrogens with one attached hydrogen (secondary N) is 1. The molecule has 0 spiro atoms. The Morgan fingerprint density at radius 1 is 1.12 bits per heavy atom. The largest absolute Gasteiger partial charge is 0.484 e. The molecule has 33 heavy (non-hydrogen) atoms. The Kier molecular flexibility index (Phi) is 7.89. The molecule has 0 saturated carbocycles. The lowest BCUT2D eigenvalue weighted by Gasteiger charge is -2.13. The lowest BCUT2D eigenvalue weighted by molar-refractivity contribution is -0.149. The Morgan fingerprint density at radius 2 is 1.88 bits per heavy atom. The highest BCUT2D eigenvalue weighted by Gasteiger charge is 2.36. The molecule has 1 N–H and O–H groups in total. The molecule has 172 valence electrons. The highest BCUT2D eigenvalue weighted by atomic mass is 32.2. The number of carbonyl (C=O) groups excluding carboxylic acids is 4. The van der Waals surface area contributed by atoms with Crippen LogP contribution in [-0.2, 0) is 19.1 Å². The fourth-order valence-corrected chi connectivity index (χ4v) is 3.80. The zero-order chi connectivity index (χ0) is 24.0. The van der Waals surface area contributed by atoms with Gasteiger partial charge in [-0.1, -0.05) is 30.3 Å². The second kappa shape index (κ2) is 10.8. The van der Waals surface area contributed by atoms with Crippen LogP contribution >= 0.6 is 11.8 Å². The van der Waals surface area contributed by atoms with Crippen LogP contribution in [0, 0.1) is 6.92 Å². The standard InChI is InChI=1S/C24H24N2O6S/c1-15(2)32-22(28)13-26-23(29)20(33-24(26)30)12-17-8-6-9-18(11-17)31-14-21(27)25-19-10-5-4-7-16(19)3/h4-12,15H,13-14H2,1-3H3,(H,25,27)/b20-12-. The number of rotatable bonds is 8. The van der Waals surface area contributed by atoms with E-state index in [0.29, 0.717) is 17.0 Å². The van der Waals surface area contributed by atoms with Crippen molar-refractivity contribution in [3.05, 3.63) is 64.6 Å². The topological polar surface area (TPSA) is 102 Å². The number of amides is 3. The summed E-state index contributed by atoms with van der Waals surface area (Å²) in [7, 11) is 0. The van der Waals surface area contributed by atoms with Crippen LogP contribution in [0.1, 0.15) is 25.0 Å². The van der Waals surface area contributed by atoms with Crippen molar-refractivity contribution in [3.8, 4) is 5.75 Å². The maximum atomic E-state index is 12.6. The number of benzene rings is 2. The Labute approximate surface area is 195 Å². The first-order chi connectivity index (χ1) is 15.7. The second-order valence-corrected chi connectivity index (χ2v) is 8.52. The fourth-order valence-electron chi connectivity index (χ4n) is 2.96. The molecule has 3 rings (SSSR count). The SMILES string of the molecule is Cc1ccccc1NC(=O)COc1cccc(/C=C2\SC(=O)N(CC(=O)OC(C)C)C2=O)c1. The van der Waals surface area contributed by atoms with Crippen LogP contribution in [-0.4, -0.2) is 47.2 Å². The second-order valence-electron chi connectivity index (χ2n) is 7.53. The summed E-state index contributed by atoms with van der Waals surface area (Å²) in [6.07, 6.45) is 1.20. The van der Waals surface area contributed by atoms with E-state index in [-0.39, 0.29) is 23.5 Å². The van der Waals surface area contributed by atoms with Gasteiger partial charge in [-0.15, -0.1) is 0 Å². The molecule has 1 fully saturated rings. The summed E-state index contributed by atoms with van der Waals surface area (Å²) in [5.74, 6) is -1.07. The Balaban J connectivity index is 1.61. The van der Waals surface area contributed by atoms with Gasteiger partial charge in [0.15, 0.2) is 6.61 Å². The van der Waals surface area contributed by atoms with Crippen LogP contribution in [0.5, 0.6) is 5.75 Å². The van der Waals surface area contributed by atoms with Gasteiger partial charge in [-0.3, -0.25) is 24.1 Å². The van der Waals surface area contributed by atoms with Crippen LogP contribution in [0.2, 0.25) is 0 Å². The number of carbonyl (C=O) groups is 4. The van der Waals surface area contributed by atoms with Crippen LogP contribution in [0.15, 0.2) is 53.4 Å². The first kappa shape index (κ1) is 24.1. The van der Waals surface area contributed by atoms with Gasteiger partial charge >= 0.3 is 5.97 Å². The van der Waals surface area contributed by atoms with Crippen molar-refractivity contribution in [2.45, 2.75) is 26.9 Å². The number of nitrogens with zero attached hydrogens (tertiary/aromatic N) is 1. The van der Waals surface area contributed by atoms with Gasteiger partial charge in [-0.05, 0) is 67.9 Å². The molecule has 8 nitrogen and oxygen atoms in total. The van der Waals surface area contributed by atoms with Gasteiger partial charge < -0.3 is 14.8 Å². The first-order valence-electron chi connectivity index (χ1n) is 10.3. The molecule has 3 amide bonds. The summed E-state index contributed by atoms with van der Waals surface area (Å²) in [5.41, 5.74) is 2.27. The number of aryl methyl sites for hydroxylation is 1. The highest BCUT2D eigenvalue weighted by molar-refractivity contribution is 8.18. The summed E-state index contributed by atoms with van der Waals surface area (Å²) < 4.78 is 10.6. The van der Waals surface area contributed by atoms with Crippen molar-refractivity contribution >= 4 is 46.5 Å². The van der Waals surface area contributed by atoms with Gasteiger partial charge in [-0.25, -0.2) is 0 Å². The van der Waals surface area contributed by atoms with Crippen molar-refractivity contribution in [2.24, 2.45) is 0 Å². The zero-order valence-electron chi connectivity index (χ0n) is 18.5. The molecule has 9 heteroatoms. The predicted molar refractivity (Wildman–Crippen MR) is 126 cm³/mol. The molecule has 0 aliphatic carbocycles. The van der Waals surface area contributed by atoms with E-state index in [1.165, 1.54) is 0 Å². The number of imide groups is 1. The average molecular weight is 469 g/mol. The van der Waals surface area contributed by atoms with E-state index < -0.39 is 23.7 Å². The quantitative estimate of drug-likeness (QED) is 0.461. The maximum Gasteiger partial charge on any atom is 0.326 e. The van der Waals surface area contributed by atoms with E-state index >= 15 is 0 Å². The monoisotopic (exact) mass is 468 g/mol. The molecular weight excluding hydrogens is 444 g/mol. The summed E-state index contributed by atoms with van der Waals surface area (Å²) in [4.78, 5) is 49.8. The minimum Gasteiger partial charge on any atom is -0.484 e. The molecule has 0 atom stereocenters. The normalized spacial score (nSPS) is 14.7. The number of thioether (sulfide) groups is 1. The highest BCUT2D eigenvalue weighted by Crippen LogP contribution is 2.32. The molecule has 0 aromatic heterocycles. The molecule has 1 aliphatic rings. The van der Waals surface area contributed by atoms with Gasteiger partial charge in [0.25, 0.3) is 17.1 Å². The van der Waals surface area contributed by atoms with Crippen molar-refractivity contribution in [2.75, 3.05) is 18.5 Å². The Hall–Kier alpha value is -3.59. The van der Waals surface area contributed by atoms with Crippen LogP contribution in [0.4, 0.5) is 10.5 Å². The predicted octanol–water partition coefficient (Wildman–Crippen LogP) is 4.00. The number of ether oxygens (including phenoxy) is 2. The van der Waals surface area contributed by atoms with Crippen molar-refractivity contribution in [1.29, 1.82) is 0 Å². The molecule has 2 aromatic rings. The summed E-state index contributed by atoms with van der Waals surface area (Å²) >= 11 is 0.750. The maximum absolute atomic E-state index is 12.6. The Morgan fingerprint density at radius 3 is 2.61 bits per heavy atom. The van der Waals surface area contributed by atoms with E-state index in [1.807, 2.05) is 31.2 Å². The van der Waals surface area contributed by atoms with Gasteiger partial charge in [0.2, 0.25) is 0 Å². The lowest BCUT2D eigenvalue weighted by atomic mass is 10.2. The molecule has 2 aromatic carbocycles. The number of para-hydroxylation sites is 1. The third-order valence-electron chi connectivity index (χ3n) is 4.47. The van der Waals surface area contributed by atoms with Gasteiger partial charge in [0, 0.05) is 5.69 Å². The lowest BCUT2D eigenvalue weighted by Crippen LogP contribution is -2.35. The number of hydrogen-bond acceptors (Lipinski definition) is 7. The van der Waals surface area contributed by atoms with Crippen LogP contribution in [0.25, 0.3) is 6.08 Å². The fraction of sp³-hybridized carbons (Fsp3) is 0.250. The van der Waals surface area contributed by atoms with Gasteiger partial charge in [-0.2, -0.15) is 0 Å². The van der Waals surface area contributed by atoms with Crippen molar-refractivity contribution < 1.29 is 28.7 Å². The molecule has 1 aliphatic heterocycles. The summed E-state index contributed by atoms with van der Waals surface area (Å²) in [6, 6.07) is 14.2. The van der Waals surface area contributed by atoms with E-state index in [9.17, 15) is 19.2 Å². The minimum atomic E-state index is -0.645. The van der Waals surface area contributed by atoms with Crippen molar-refractivity contribution in [3.63, 3.8) is 0 Å². The molecule has 0 unspecified atom stereocenters. The van der Waals surface area contributed by atoms with Gasteiger partial charge in [0.05, 0.1) is 11.0 Å². The van der Waals surface area contributed by atoms with E-state index in [4.69, 9.17) is 9.47 Å². The average Bonchev–Trinajstić information content (AvgIpc) is 3.01. The minimum absolute atomic E-state index is 0.187. The molecule has 0 bridgehead atoms. The molecule has 1 saturated heterocycles. The number of esters is 1. The van der Waals surface area contributed by atoms with Gasteiger partial charge in [0.1, 0.15) is 12.3 Å². The van der Waals surface area contributed by atoms with E-state index in [0.717, 1.165) is 22.2 Å².